The zero-order chi connectivity index (χ0) is 15.2. The molecule has 0 aliphatic rings. The molecule has 3 aromatic rings. The minimum Gasteiger partial charge on any atom is -0.490 e. The molecular formula is C17H14N2O3. The summed E-state index contributed by atoms with van der Waals surface area (Å²) < 4.78 is 10.6. The molecule has 0 aliphatic carbocycles. The highest BCUT2D eigenvalue weighted by molar-refractivity contribution is 5.89. The highest BCUT2D eigenvalue weighted by atomic mass is 16.6. The number of rotatable bonds is 5. The first-order valence-electron chi connectivity index (χ1n) is 6.90. The van der Waals surface area contributed by atoms with Crippen LogP contribution in [0.25, 0.3) is 11.0 Å². The number of carbonyl (C=O) groups excluding carboxylic acids is 1. The Labute approximate surface area is 127 Å². The molecule has 0 atom stereocenters. The summed E-state index contributed by atoms with van der Waals surface area (Å²) in [6, 6.07) is 16.7. The van der Waals surface area contributed by atoms with Crippen molar-refractivity contribution in [2.24, 2.45) is 0 Å². The molecule has 0 aliphatic heterocycles. The van der Waals surface area contributed by atoms with E-state index in [9.17, 15) is 4.79 Å². The van der Waals surface area contributed by atoms with Crippen molar-refractivity contribution in [2.75, 3.05) is 13.2 Å². The summed E-state index contributed by atoms with van der Waals surface area (Å²) in [7, 11) is 0. The zero-order valence-corrected chi connectivity index (χ0v) is 11.8. The molecule has 0 unspecified atom stereocenters. The van der Waals surface area contributed by atoms with Crippen LogP contribution in [0.2, 0.25) is 0 Å². The summed E-state index contributed by atoms with van der Waals surface area (Å²) in [6.45, 7) is 0.443. The number of esters is 1. The van der Waals surface area contributed by atoms with Crippen molar-refractivity contribution < 1.29 is 14.3 Å². The van der Waals surface area contributed by atoms with Crippen molar-refractivity contribution in [1.29, 1.82) is 0 Å². The topological polar surface area (TPSA) is 61.3 Å². The molecule has 0 radical (unpaired) electrons. The number of fused-ring (bicyclic) bond motifs is 1. The number of hydrogen-bond acceptors (Lipinski definition) is 5. The second-order valence-corrected chi connectivity index (χ2v) is 4.54. The Morgan fingerprint density at radius 1 is 0.909 bits per heavy atom. The van der Waals surface area contributed by atoms with Crippen LogP contribution in [-0.2, 0) is 4.74 Å². The maximum Gasteiger partial charge on any atom is 0.358 e. The third kappa shape index (κ3) is 3.38. The van der Waals surface area contributed by atoms with Gasteiger partial charge in [-0.2, -0.15) is 0 Å². The van der Waals surface area contributed by atoms with Gasteiger partial charge in [-0.15, -0.1) is 0 Å². The lowest BCUT2D eigenvalue weighted by Crippen LogP contribution is -2.13. The van der Waals surface area contributed by atoms with Gasteiger partial charge < -0.3 is 9.47 Å². The van der Waals surface area contributed by atoms with Crippen LogP contribution in [0.4, 0.5) is 0 Å². The van der Waals surface area contributed by atoms with Gasteiger partial charge in [-0.25, -0.2) is 9.78 Å². The van der Waals surface area contributed by atoms with Crippen molar-refractivity contribution in [3.05, 3.63) is 66.5 Å². The number of nitrogens with zero attached hydrogens (tertiary/aromatic N) is 2. The number of benzene rings is 2. The maximum absolute atomic E-state index is 11.9. The number of carbonyl (C=O) groups is 1. The van der Waals surface area contributed by atoms with Gasteiger partial charge in [0.2, 0.25) is 0 Å². The van der Waals surface area contributed by atoms with Gasteiger partial charge in [0.1, 0.15) is 19.0 Å². The molecule has 110 valence electrons. The van der Waals surface area contributed by atoms with Crippen LogP contribution < -0.4 is 4.74 Å². The van der Waals surface area contributed by atoms with Crippen LogP contribution in [0.15, 0.2) is 60.8 Å². The van der Waals surface area contributed by atoms with Crippen molar-refractivity contribution in [3.63, 3.8) is 0 Å². The molecule has 0 N–H and O–H groups in total. The average molecular weight is 294 g/mol. The fourth-order valence-electron chi connectivity index (χ4n) is 1.94. The molecule has 0 spiro atoms. The fourth-order valence-corrected chi connectivity index (χ4v) is 1.94. The van der Waals surface area contributed by atoms with E-state index in [0.29, 0.717) is 5.52 Å². The summed E-state index contributed by atoms with van der Waals surface area (Å²) in [5.41, 5.74) is 1.60. The second-order valence-electron chi connectivity index (χ2n) is 4.54. The van der Waals surface area contributed by atoms with Crippen molar-refractivity contribution in [3.8, 4) is 5.75 Å². The smallest absolute Gasteiger partial charge is 0.358 e. The van der Waals surface area contributed by atoms with Crippen LogP contribution in [0.5, 0.6) is 5.75 Å². The lowest BCUT2D eigenvalue weighted by atomic mass is 10.3. The summed E-state index contributed by atoms with van der Waals surface area (Å²) in [5, 5.41) is 0. The van der Waals surface area contributed by atoms with Crippen LogP contribution in [0, 0.1) is 0 Å². The largest absolute Gasteiger partial charge is 0.490 e. The normalized spacial score (nSPS) is 10.4. The van der Waals surface area contributed by atoms with Gasteiger partial charge in [0.05, 0.1) is 17.2 Å². The van der Waals surface area contributed by atoms with Crippen LogP contribution in [-0.4, -0.2) is 29.2 Å². The van der Waals surface area contributed by atoms with E-state index in [0.717, 1.165) is 11.3 Å². The Morgan fingerprint density at radius 2 is 1.64 bits per heavy atom. The van der Waals surface area contributed by atoms with Crippen LogP contribution in [0.1, 0.15) is 10.5 Å². The predicted molar refractivity (Wildman–Crippen MR) is 81.8 cm³/mol. The lowest BCUT2D eigenvalue weighted by Gasteiger charge is -2.07. The van der Waals surface area contributed by atoms with E-state index in [1.54, 1.807) is 6.07 Å². The standard InChI is InChI=1S/C17H14N2O3/c20-17(22-11-10-21-13-6-2-1-3-7-13)16-12-18-14-8-4-5-9-15(14)19-16/h1-9,12H,10-11H2. The summed E-state index contributed by atoms with van der Waals surface area (Å²) >= 11 is 0. The van der Waals surface area contributed by atoms with Gasteiger partial charge in [-0.1, -0.05) is 30.3 Å². The first kappa shape index (κ1) is 14.0. The number of ether oxygens (including phenoxy) is 2. The third-order valence-corrected chi connectivity index (χ3v) is 2.99. The summed E-state index contributed by atoms with van der Waals surface area (Å²) in [5.74, 6) is 0.235. The first-order chi connectivity index (χ1) is 10.8. The first-order valence-corrected chi connectivity index (χ1v) is 6.90. The molecule has 0 saturated heterocycles. The van der Waals surface area contributed by atoms with Crippen molar-refractivity contribution in [2.45, 2.75) is 0 Å². The van der Waals surface area contributed by atoms with E-state index in [1.807, 2.05) is 48.5 Å². The van der Waals surface area contributed by atoms with E-state index in [1.165, 1.54) is 6.20 Å². The predicted octanol–water partition coefficient (Wildman–Crippen LogP) is 2.87. The van der Waals surface area contributed by atoms with Gasteiger partial charge in [0, 0.05) is 0 Å². The molecule has 5 nitrogen and oxygen atoms in total. The molecule has 0 saturated carbocycles. The highest BCUT2D eigenvalue weighted by Gasteiger charge is 2.10. The Hall–Kier alpha value is -2.95. The molecule has 22 heavy (non-hydrogen) atoms. The van der Waals surface area contributed by atoms with E-state index in [-0.39, 0.29) is 18.9 Å². The van der Waals surface area contributed by atoms with E-state index in [4.69, 9.17) is 9.47 Å². The number of para-hydroxylation sites is 3. The van der Waals surface area contributed by atoms with E-state index in [2.05, 4.69) is 9.97 Å². The molecule has 0 fully saturated rings. The zero-order valence-electron chi connectivity index (χ0n) is 11.8. The Balaban J connectivity index is 1.54. The third-order valence-electron chi connectivity index (χ3n) is 2.99. The van der Waals surface area contributed by atoms with Crippen molar-refractivity contribution in [1.82, 2.24) is 9.97 Å². The highest BCUT2D eigenvalue weighted by Crippen LogP contribution is 2.10. The maximum atomic E-state index is 11.9. The SMILES string of the molecule is O=C(OCCOc1ccccc1)c1cnc2ccccc2n1. The van der Waals surface area contributed by atoms with Gasteiger partial charge in [0.15, 0.2) is 5.69 Å². The molecule has 2 aromatic carbocycles. The van der Waals surface area contributed by atoms with Gasteiger partial charge in [-0.05, 0) is 24.3 Å². The molecule has 5 heteroatoms. The van der Waals surface area contributed by atoms with Gasteiger partial charge in [-0.3, -0.25) is 4.98 Å². The molecule has 0 amide bonds. The summed E-state index contributed by atoms with van der Waals surface area (Å²) in [4.78, 5) is 20.3. The molecular weight excluding hydrogens is 280 g/mol. The Morgan fingerprint density at radius 3 is 2.45 bits per heavy atom. The second kappa shape index (κ2) is 6.67. The van der Waals surface area contributed by atoms with Crippen LogP contribution in [0.3, 0.4) is 0 Å². The van der Waals surface area contributed by atoms with Crippen LogP contribution >= 0.6 is 0 Å². The number of hydrogen-bond donors (Lipinski definition) is 0. The fraction of sp³-hybridized carbons (Fsp3) is 0.118. The van der Waals surface area contributed by atoms with E-state index < -0.39 is 5.97 Å². The molecule has 3 rings (SSSR count). The average Bonchev–Trinajstić information content (AvgIpc) is 2.59. The van der Waals surface area contributed by atoms with Gasteiger partial charge in [0.25, 0.3) is 0 Å². The minimum absolute atomic E-state index is 0.155. The molecule has 0 bridgehead atoms. The Kier molecular flexibility index (Phi) is 4.25. The monoisotopic (exact) mass is 294 g/mol. The Bertz CT molecular complexity index is 775. The summed E-state index contributed by atoms with van der Waals surface area (Å²) in [6.07, 6.45) is 1.42. The van der Waals surface area contributed by atoms with Crippen molar-refractivity contribution >= 4 is 17.0 Å². The minimum atomic E-state index is -0.505. The quantitative estimate of drug-likeness (QED) is 0.535. The van der Waals surface area contributed by atoms with Gasteiger partial charge >= 0.3 is 5.97 Å². The molecule has 1 heterocycles. The lowest BCUT2D eigenvalue weighted by molar-refractivity contribution is 0.0443. The molecule has 1 aromatic heterocycles. The van der Waals surface area contributed by atoms with E-state index >= 15 is 0 Å². The number of aromatic nitrogens is 2.